The molecule has 2 N–H and O–H groups in total. The molecule has 22 heavy (non-hydrogen) atoms. The third-order valence-electron chi connectivity index (χ3n) is 4.69. The zero-order valence-electron chi connectivity index (χ0n) is 12.6. The number of nitrogens with one attached hydrogen (secondary N) is 2. The lowest BCUT2D eigenvalue weighted by Gasteiger charge is -2.22. The fourth-order valence-electron chi connectivity index (χ4n) is 3.34. The molecule has 0 radical (unpaired) electrons. The molecule has 1 amide bonds. The molecule has 0 aromatic heterocycles. The van der Waals surface area contributed by atoms with Crippen LogP contribution in [0.15, 0.2) is 18.2 Å². The molecule has 3 unspecified atom stereocenters. The Labute approximate surface area is 141 Å². The number of piperidine rings is 1. The number of carbonyl (C=O) groups excluding carboxylic acids is 1. The Morgan fingerprint density at radius 2 is 2.05 bits per heavy atom. The number of halogens is 2. The average Bonchev–Trinajstić information content (AvgIpc) is 3.28. The standard InChI is InChI=1S/C17H22Cl2N2O/c18-13-6-12(7-14(19)8-13)15-9-16(15)17(22)21-5-3-11-2-1-4-20-10-11/h6-8,11,15-16,20H,1-5,9-10H2,(H,21,22). The summed E-state index contributed by atoms with van der Waals surface area (Å²) in [5.41, 5.74) is 1.08. The van der Waals surface area contributed by atoms with Gasteiger partial charge in [0.2, 0.25) is 5.91 Å². The Hall–Kier alpha value is -0.770. The number of rotatable bonds is 5. The largest absolute Gasteiger partial charge is 0.356 e. The van der Waals surface area contributed by atoms with Gasteiger partial charge >= 0.3 is 0 Å². The lowest BCUT2D eigenvalue weighted by atomic mass is 9.96. The van der Waals surface area contributed by atoms with Crippen molar-refractivity contribution in [3.8, 4) is 0 Å². The molecule has 1 aliphatic heterocycles. The van der Waals surface area contributed by atoms with Gasteiger partial charge in [-0.3, -0.25) is 4.79 Å². The van der Waals surface area contributed by atoms with Crippen molar-refractivity contribution < 1.29 is 4.79 Å². The van der Waals surface area contributed by atoms with Crippen LogP contribution in [0, 0.1) is 11.8 Å². The smallest absolute Gasteiger partial charge is 0.223 e. The third kappa shape index (κ3) is 4.15. The van der Waals surface area contributed by atoms with Gasteiger partial charge < -0.3 is 10.6 Å². The molecule has 3 nitrogen and oxygen atoms in total. The fourth-order valence-corrected chi connectivity index (χ4v) is 3.89. The van der Waals surface area contributed by atoms with Crippen LogP contribution in [0.4, 0.5) is 0 Å². The van der Waals surface area contributed by atoms with Crippen LogP contribution in [0.3, 0.4) is 0 Å². The minimum Gasteiger partial charge on any atom is -0.356 e. The maximum absolute atomic E-state index is 12.2. The summed E-state index contributed by atoms with van der Waals surface area (Å²) in [6.07, 6.45) is 4.49. The maximum atomic E-state index is 12.2. The van der Waals surface area contributed by atoms with Gasteiger partial charge in [-0.1, -0.05) is 23.2 Å². The first-order valence-corrected chi connectivity index (χ1v) is 8.83. The summed E-state index contributed by atoms with van der Waals surface area (Å²) < 4.78 is 0. The van der Waals surface area contributed by atoms with E-state index in [4.69, 9.17) is 23.2 Å². The molecule has 1 aliphatic carbocycles. The Kier molecular flexibility index (Phi) is 5.27. The number of amides is 1. The van der Waals surface area contributed by atoms with Crippen molar-refractivity contribution in [3.05, 3.63) is 33.8 Å². The van der Waals surface area contributed by atoms with Crippen LogP contribution in [-0.2, 0) is 4.79 Å². The van der Waals surface area contributed by atoms with Crippen LogP contribution < -0.4 is 10.6 Å². The molecule has 3 rings (SSSR count). The molecule has 1 saturated heterocycles. The summed E-state index contributed by atoms with van der Waals surface area (Å²) in [7, 11) is 0. The van der Waals surface area contributed by atoms with Crippen molar-refractivity contribution in [3.63, 3.8) is 0 Å². The number of benzene rings is 1. The van der Waals surface area contributed by atoms with E-state index < -0.39 is 0 Å². The first kappa shape index (κ1) is 16.1. The van der Waals surface area contributed by atoms with E-state index in [2.05, 4.69) is 10.6 Å². The van der Waals surface area contributed by atoms with Crippen LogP contribution in [0.2, 0.25) is 10.0 Å². The van der Waals surface area contributed by atoms with Gasteiger partial charge in [0.05, 0.1) is 0 Å². The second kappa shape index (κ2) is 7.20. The zero-order chi connectivity index (χ0) is 15.5. The number of carbonyl (C=O) groups is 1. The first-order chi connectivity index (χ1) is 10.6. The van der Waals surface area contributed by atoms with Gasteiger partial charge in [-0.15, -0.1) is 0 Å². The van der Waals surface area contributed by atoms with Gasteiger partial charge in [0.15, 0.2) is 0 Å². The quantitative estimate of drug-likeness (QED) is 0.859. The van der Waals surface area contributed by atoms with Crippen LogP contribution in [-0.4, -0.2) is 25.5 Å². The Morgan fingerprint density at radius 1 is 1.27 bits per heavy atom. The summed E-state index contributed by atoms with van der Waals surface area (Å²) >= 11 is 12.1. The van der Waals surface area contributed by atoms with Crippen molar-refractivity contribution in [1.82, 2.24) is 10.6 Å². The van der Waals surface area contributed by atoms with Crippen molar-refractivity contribution >= 4 is 29.1 Å². The molecular weight excluding hydrogens is 319 g/mol. The van der Waals surface area contributed by atoms with Gasteiger partial charge in [-0.2, -0.15) is 0 Å². The molecule has 0 spiro atoms. The molecule has 0 bridgehead atoms. The Bertz CT molecular complexity index is 523. The Morgan fingerprint density at radius 3 is 2.73 bits per heavy atom. The average molecular weight is 341 g/mol. The van der Waals surface area contributed by atoms with Crippen molar-refractivity contribution in [2.24, 2.45) is 11.8 Å². The highest BCUT2D eigenvalue weighted by Crippen LogP contribution is 2.48. The summed E-state index contributed by atoms with van der Waals surface area (Å²) in [6.45, 7) is 3.00. The van der Waals surface area contributed by atoms with Gasteiger partial charge in [0.1, 0.15) is 0 Å². The predicted octanol–water partition coefficient (Wildman–Crippen LogP) is 3.60. The monoisotopic (exact) mass is 340 g/mol. The summed E-state index contributed by atoms with van der Waals surface area (Å²) in [5, 5.41) is 7.77. The van der Waals surface area contributed by atoms with Crippen LogP contribution >= 0.6 is 23.2 Å². The molecule has 1 saturated carbocycles. The highest BCUT2D eigenvalue weighted by atomic mass is 35.5. The van der Waals surface area contributed by atoms with Crippen LogP contribution in [0.1, 0.15) is 37.2 Å². The fraction of sp³-hybridized carbons (Fsp3) is 0.588. The minimum atomic E-state index is 0.0824. The van der Waals surface area contributed by atoms with Gasteiger partial charge in [-0.25, -0.2) is 0 Å². The molecule has 5 heteroatoms. The van der Waals surface area contributed by atoms with E-state index in [1.807, 2.05) is 12.1 Å². The van der Waals surface area contributed by atoms with Crippen molar-refractivity contribution in [2.75, 3.05) is 19.6 Å². The molecular formula is C17H22Cl2N2O. The molecule has 1 aromatic rings. The summed E-state index contributed by atoms with van der Waals surface area (Å²) in [4.78, 5) is 12.2. The molecule has 2 aliphatic rings. The highest BCUT2D eigenvalue weighted by molar-refractivity contribution is 6.34. The van der Waals surface area contributed by atoms with E-state index in [-0.39, 0.29) is 17.7 Å². The molecule has 1 heterocycles. The maximum Gasteiger partial charge on any atom is 0.223 e. The normalized spacial score (nSPS) is 27.5. The molecule has 120 valence electrons. The van der Waals surface area contributed by atoms with E-state index in [0.717, 1.165) is 38.0 Å². The first-order valence-electron chi connectivity index (χ1n) is 8.08. The van der Waals surface area contributed by atoms with Crippen LogP contribution in [0.5, 0.6) is 0 Å². The zero-order valence-corrected chi connectivity index (χ0v) is 14.1. The second-order valence-corrected chi connectivity index (χ2v) is 7.32. The van der Waals surface area contributed by atoms with E-state index in [0.29, 0.717) is 16.0 Å². The SMILES string of the molecule is O=C(NCCC1CCCNC1)C1CC1c1cc(Cl)cc(Cl)c1. The van der Waals surface area contributed by atoms with Gasteiger partial charge in [0, 0.05) is 22.5 Å². The molecule has 2 fully saturated rings. The van der Waals surface area contributed by atoms with E-state index in [9.17, 15) is 4.79 Å². The van der Waals surface area contributed by atoms with E-state index >= 15 is 0 Å². The van der Waals surface area contributed by atoms with E-state index in [1.165, 1.54) is 12.8 Å². The van der Waals surface area contributed by atoms with E-state index in [1.54, 1.807) is 6.07 Å². The molecule has 3 atom stereocenters. The third-order valence-corrected chi connectivity index (χ3v) is 5.13. The summed E-state index contributed by atoms with van der Waals surface area (Å²) in [5.74, 6) is 1.23. The second-order valence-electron chi connectivity index (χ2n) is 6.44. The highest BCUT2D eigenvalue weighted by Gasteiger charge is 2.43. The van der Waals surface area contributed by atoms with Gasteiger partial charge in [0.25, 0.3) is 0 Å². The van der Waals surface area contributed by atoms with Crippen molar-refractivity contribution in [2.45, 2.75) is 31.6 Å². The number of hydrogen-bond acceptors (Lipinski definition) is 2. The van der Waals surface area contributed by atoms with Crippen LogP contribution in [0.25, 0.3) is 0 Å². The number of hydrogen-bond donors (Lipinski definition) is 2. The lowest BCUT2D eigenvalue weighted by Crippen LogP contribution is -2.33. The van der Waals surface area contributed by atoms with Crippen molar-refractivity contribution in [1.29, 1.82) is 0 Å². The Balaban J connectivity index is 1.44. The predicted molar refractivity (Wildman–Crippen MR) is 90.5 cm³/mol. The van der Waals surface area contributed by atoms with Gasteiger partial charge in [-0.05, 0) is 74.4 Å². The molecule has 1 aromatic carbocycles. The minimum absolute atomic E-state index is 0.0824. The topological polar surface area (TPSA) is 41.1 Å². The lowest BCUT2D eigenvalue weighted by molar-refractivity contribution is -0.122. The summed E-state index contributed by atoms with van der Waals surface area (Å²) in [6, 6.07) is 5.56.